The third-order valence-electron chi connectivity index (χ3n) is 7.58. The number of carbonyl (C=O) groups excluding carboxylic acids is 2. The monoisotopic (exact) mass is 468 g/mol. The molecule has 1 unspecified atom stereocenters. The predicted octanol–water partition coefficient (Wildman–Crippen LogP) is 2.65. The van der Waals surface area contributed by atoms with Gasteiger partial charge in [-0.25, -0.2) is 4.99 Å². The van der Waals surface area contributed by atoms with Gasteiger partial charge in [-0.3, -0.25) is 14.5 Å². The summed E-state index contributed by atoms with van der Waals surface area (Å²) in [5.74, 6) is 0.476. The van der Waals surface area contributed by atoms with Crippen LogP contribution in [0.1, 0.15) is 52.5 Å². The number of ketones is 2. The third-order valence-corrected chi connectivity index (χ3v) is 7.58. The quantitative estimate of drug-likeness (QED) is 0.722. The van der Waals surface area contributed by atoms with E-state index in [-0.39, 0.29) is 11.6 Å². The molecule has 6 rings (SSSR count). The van der Waals surface area contributed by atoms with E-state index >= 15 is 0 Å². The van der Waals surface area contributed by atoms with Crippen LogP contribution < -0.4 is 15.0 Å². The number of nitrogens with one attached hydrogen (secondary N) is 2. The van der Waals surface area contributed by atoms with Crippen LogP contribution in [-0.4, -0.2) is 54.0 Å². The van der Waals surface area contributed by atoms with Gasteiger partial charge in [-0.05, 0) is 50.9 Å². The number of Topliss-reactive ketones (excluding diaryl/α,β-unsaturated/α-hetero) is 2. The molecule has 2 aromatic rings. The largest absolute Gasteiger partial charge is 0.468 e. The van der Waals surface area contributed by atoms with Gasteiger partial charge in [0.15, 0.2) is 11.5 Å². The molecule has 2 aromatic carbocycles. The lowest BCUT2D eigenvalue weighted by Crippen LogP contribution is -2.73. The Morgan fingerprint density at radius 2 is 1.83 bits per heavy atom. The number of aryl methyl sites for hydroxylation is 1. The van der Waals surface area contributed by atoms with Crippen LogP contribution in [0.3, 0.4) is 0 Å². The first-order chi connectivity index (χ1) is 17.0. The van der Waals surface area contributed by atoms with Crippen LogP contribution in [0.4, 0.5) is 5.69 Å². The number of allylic oxidation sites excluding steroid dienone is 1. The second kappa shape index (κ2) is 8.61. The highest BCUT2D eigenvalue weighted by atomic mass is 16.5. The fraction of sp³-hybridized carbons (Fsp3) is 0.345. The lowest BCUT2D eigenvalue weighted by Gasteiger charge is -2.34. The summed E-state index contributed by atoms with van der Waals surface area (Å²) in [4.78, 5) is 33.4. The van der Waals surface area contributed by atoms with E-state index in [0.717, 1.165) is 30.1 Å². The molecule has 2 heterocycles. The summed E-state index contributed by atoms with van der Waals surface area (Å²) >= 11 is 0. The minimum atomic E-state index is -0.470. The van der Waals surface area contributed by atoms with E-state index in [0.29, 0.717) is 46.3 Å². The Morgan fingerprint density at radius 3 is 2.60 bits per heavy atom. The number of fused-ring (bicyclic) bond motifs is 4. The van der Waals surface area contributed by atoms with E-state index < -0.39 is 6.10 Å². The zero-order chi connectivity index (χ0) is 24.1. The molecule has 0 spiro atoms. The number of benzene rings is 2. The van der Waals surface area contributed by atoms with Crippen LogP contribution in [0.15, 0.2) is 65.4 Å². The molecule has 1 fully saturated rings. The number of likely N-dealkylation sites (tertiary alicyclic amines) is 1. The topological polar surface area (TPSA) is 72.6 Å². The van der Waals surface area contributed by atoms with Gasteiger partial charge in [-0.15, -0.1) is 0 Å². The van der Waals surface area contributed by atoms with Crippen molar-refractivity contribution in [2.75, 3.05) is 19.6 Å². The highest BCUT2D eigenvalue weighted by Crippen LogP contribution is 2.36. The van der Waals surface area contributed by atoms with Gasteiger partial charge in [0.1, 0.15) is 5.57 Å². The summed E-state index contributed by atoms with van der Waals surface area (Å²) < 4.78 is 6.33. The molecule has 6 heteroatoms. The Bertz CT molecular complexity index is 1340. The average molecular weight is 469 g/mol. The maximum Gasteiger partial charge on any atom is 0.246 e. The van der Waals surface area contributed by atoms with Crippen LogP contribution in [0, 0.1) is 6.92 Å². The summed E-state index contributed by atoms with van der Waals surface area (Å²) in [6, 6.07) is 13.6. The number of piperidine rings is 1. The molecule has 0 amide bonds. The zero-order valence-electron chi connectivity index (χ0n) is 20.2. The summed E-state index contributed by atoms with van der Waals surface area (Å²) in [5, 5.41) is 3.50. The smallest absolute Gasteiger partial charge is 0.246 e. The molecule has 2 aliphatic carbocycles. The highest BCUT2D eigenvalue weighted by Gasteiger charge is 2.46. The van der Waals surface area contributed by atoms with Crippen LogP contribution in [0.25, 0.3) is 0 Å². The van der Waals surface area contributed by atoms with Gasteiger partial charge in [0.05, 0.1) is 5.57 Å². The van der Waals surface area contributed by atoms with Crippen molar-refractivity contribution in [2.24, 2.45) is 0 Å². The van der Waals surface area contributed by atoms with Gasteiger partial charge < -0.3 is 10.1 Å². The lowest BCUT2D eigenvalue weighted by atomic mass is 9.76. The van der Waals surface area contributed by atoms with Crippen molar-refractivity contribution in [3.05, 3.63) is 82.1 Å². The first kappa shape index (κ1) is 22.0. The van der Waals surface area contributed by atoms with Gasteiger partial charge in [0.2, 0.25) is 23.3 Å². The van der Waals surface area contributed by atoms with Gasteiger partial charge in [-0.1, -0.05) is 36.8 Å². The van der Waals surface area contributed by atoms with E-state index in [9.17, 15) is 9.59 Å². The molecular formula is C29H30N3O3+. The molecule has 2 N–H and O–H groups in total. The van der Waals surface area contributed by atoms with E-state index in [1.807, 2.05) is 37.3 Å². The fourth-order valence-electron chi connectivity index (χ4n) is 5.67. The Kier molecular flexibility index (Phi) is 5.41. The zero-order valence-corrected chi connectivity index (χ0v) is 20.2. The molecule has 35 heavy (non-hydrogen) atoms. The van der Waals surface area contributed by atoms with Gasteiger partial charge in [-0.2, -0.15) is 0 Å². The Hall–Kier alpha value is -3.51. The number of rotatable bonds is 4. The summed E-state index contributed by atoms with van der Waals surface area (Å²) in [6.07, 6.45) is 5.21. The van der Waals surface area contributed by atoms with Crippen molar-refractivity contribution in [1.82, 2.24) is 10.2 Å². The normalized spacial score (nSPS) is 23.4. The van der Waals surface area contributed by atoms with E-state index in [2.05, 4.69) is 22.1 Å². The molecule has 0 saturated carbocycles. The number of carbonyl (C=O) groups is 2. The molecule has 1 saturated heterocycles. The standard InChI is InChI=1S/C29H29N3O3/c1-17-10-11-23-21(15-17)31-27-24(35-23)16-22(30-12-14-32-13-6-5-7-18(32)2)25-26(27)29(34)20-9-4-3-8-19(20)28(25)33/h3-4,8-11,15-16,18,24,30H,5-7,12-14H2,1-2H3/p+1/t18-,24?/m1/s1. The summed E-state index contributed by atoms with van der Waals surface area (Å²) in [6.45, 7) is 6.98. The number of nitrogens with zero attached hydrogens (tertiary/aromatic N) is 1. The maximum atomic E-state index is 13.8. The maximum absolute atomic E-state index is 13.8. The number of hydrogen-bond donors (Lipinski definition) is 2. The van der Waals surface area contributed by atoms with E-state index in [1.54, 1.807) is 18.2 Å². The fourth-order valence-corrected chi connectivity index (χ4v) is 5.67. The first-order valence-corrected chi connectivity index (χ1v) is 12.6. The van der Waals surface area contributed by atoms with Crippen LogP contribution in [0.2, 0.25) is 0 Å². The summed E-state index contributed by atoms with van der Waals surface area (Å²) in [5.41, 5.74) is 4.99. The van der Waals surface area contributed by atoms with Crippen molar-refractivity contribution in [2.45, 2.75) is 45.3 Å². The Balaban J connectivity index is 1.39. The molecule has 0 aromatic heterocycles. The molecule has 2 aliphatic heterocycles. The van der Waals surface area contributed by atoms with Gasteiger partial charge in [0.25, 0.3) is 0 Å². The van der Waals surface area contributed by atoms with Crippen molar-refractivity contribution < 1.29 is 19.3 Å². The summed E-state index contributed by atoms with van der Waals surface area (Å²) in [7, 11) is 0. The van der Waals surface area contributed by atoms with Gasteiger partial charge >= 0.3 is 0 Å². The van der Waals surface area contributed by atoms with Crippen molar-refractivity contribution in [3.8, 4) is 5.75 Å². The van der Waals surface area contributed by atoms with Crippen LogP contribution in [0.5, 0.6) is 5.75 Å². The SMILES string of the molecule is Cc1ccc2c(c1)[NH+]=C1C3=C(C(=O)c4ccccc4C3=O)C(NCCN3CCCC[C@H]3C)=CC1O2. The number of hydrogen-bond acceptors (Lipinski definition) is 5. The molecule has 0 bridgehead atoms. The van der Waals surface area contributed by atoms with Crippen LogP contribution >= 0.6 is 0 Å². The average Bonchev–Trinajstić information content (AvgIpc) is 2.86. The van der Waals surface area contributed by atoms with Crippen molar-refractivity contribution >= 4 is 23.0 Å². The molecule has 2 atom stereocenters. The van der Waals surface area contributed by atoms with Gasteiger partial charge in [0, 0.05) is 42.0 Å². The molecule has 6 nitrogen and oxygen atoms in total. The van der Waals surface area contributed by atoms with E-state index in [1.165, 1.54) is 19.3 Å². The molecule has 4 aliphatic rings. The van der Waals surface area contributed by atoms with Crippen LogP contribution in [-0.2, 0) is 0 Å². The number of ether oxygens (including phenoxy) is 1. The first-order valence-electron chi connectivity index (χ1n) is 12.6. The molecular weight excluding hydrogens is 438 g/mol. The molecule has 0 radical (unpaired) electrons. The Morgan fingerprint density at radius 1 is 1.06 bits per heavy atom. The van der Waals surface area contributed by atoms with Crippen molar-refractivity contribution in [1.29, 1.82) is 0 Å². The molecule has 178 valence electrons. The third kappa shape index (κ3) is 3.73. The van der Waals surface area contributed by atoms with E-state index in [4.69, 9.17) is 4.74 Å². The Labute approximate surface area is 205 Å². The second-order valence-corrected chi connectivity index (χ2v) is 9.92. The minimum absolute atomic E-state index is 0.122. The lowest BCUT2D eigenvalue weighted by molar-refractivity contribution is -0.363. The second-order valence-electron chi connectivity index (χ2n) is 9.92. The minimum Gasteiger partial charge on any atom is -0.468 e. The predicted molar refractivity (Wildman–Crippen MR) is 134 cm³/mol. The highest BCUT2D eigenvalue weighted by molar-refractivity contribution is 6.39. The van der Waals surface area contributed by atoms with Crippen molar-refractivity contribution in [3.63, 3.8) is 0 Å².